The van der Waals surface area contributed by atoms with Crippen LogP contribution in [0.5, 0.6) is 0 Å². The number of ether oxygens (including phenoxy) is 3. The first-order chi connectivity index (χ1) is 30.0. The van der Waals surface area contributed by atoms with Gasteiger partial charge in [0, 0.05) is 19.3 Å². The zero-order valence-electron chi connectivity index (χ0n) is 39.9. The largest absolute Gasteiger partial charge is 0.462 e. The van der Waals surface area contributed by atoms with Crippen LogP contribution in [-0.4, -0.2) is 37.2 Å². The minimum absolute atomic E-state index is 0.0927. The third kappa shape index (κ3) is 47.7. The van der Waals surface area contributed by atoms with E-state index in [1.807, 2.05) is 0 Å². The lowest BCUT2D eigenvalue weighted by atomic mass is 10.1. The van der Waals surface area contributed by atoms with Crippen molar-refractivity contribution in [2.75, 3.05) is 13.2 Å². The van der Waals surface area contributed by atoms with Crippen LogP contribution in [0.2, 0.25) is 0 Å². The van der Waals surface area contributed by atoms with E-state index in [1.165, 1.54) is 89.9 Å². The highest BCUT2D eigenvalue weighted by molar-refractivity contribution is 5.71. The summed E-state index contributed by atoms with van der Waals surface area (Å²) < 4.78 is 16.7. The lowest BCUT2D eigenvalue weighted by molar-refractivity contribution is -0.167. The third-order valence-corrected chi connectivity index (χ3v) is 10.7. The number of carbonyl (C=O) groups is 3. The van der Waals surface area contributed by atoms with Crippen molar-refractivity contribution < 1.29 is 28.6 Å². The number of allylic oxidation sites excluding steroid dienone is 12. The van der Waals surface area contributed by atoms with Gasteiger partial charge in [0.2, 0.25) is 0 Å². The molecule has 0 bridgehead atoms. The van der Waals surface area contributed by atoms with Gasteiger partial charge in [-0.2, -0.15) is 0 Å². The summed E-state index contributed by atoms with van der Waals surface area (Å²) >= 11 is 0. The van der Waals surface area contributed by atoms with Gasteiger partial charge in [-0.1, -0.05) is 209 Å². The molecule has 1 atom stereocenters. The van der Waals surface area contributed by atoms with E-state index in [2.05, 4.69) is 93.7 Å². The summed E-state index contributed by atoms with van der Waals surface area (Å²) in [5.41, 5.74) is 0. The van der Waals surface area contributed by atoms with Gasteiger partial charge in [-0.05, 0) is 83.5 Å². The standard InChI is InChI=1S/C55H94O6/c1-4-7-10-13-16-19-21-23-25-27-28-30-31-33-36-39-42-45-48-54(57)60-51-52(50-59-53(56)47-44-41-38-35-18-15-12-9-6-3)61-55(58)49-46-43-40-37-34-32-29-26-24-22-20-17-14-11-8-5-2/h8,11,17,20,24-28,30,32,34,52H,4-7,9-10,12-16,18-19,21-23,29,31,33,35-51H2,1-3H3/b11-8-,20-17-,26-24-,27-25-,30-28-,34-32-. The van der Waals surface area contributed by atoms with Crippen LogP contribution in [0.25, 0.3) is 0 Å². The van der Waals surface area contributed by atoms with E-state index in [4.69, 9.17) is 14.2 Å². The molecule has 6 nitrogen and oxygen atoms in total. The predicted molar refractivity (Wildman–Crippen MR) is 261 cm³/mol. The van der Waals surface area contributed by atoms with Gasteiger partial charge in [0.15, 0.2) is 6.10 Å². The molecule has 0 rings (SSSR count). The molecule has 0 aromatic heterocycles. The summed E-state index contributed by atoms with van der Waals surface area (Å²) in [4.78, 5) is 37.9. The van der Waals surface area contributed by atoms with Crippen molar-refractivity contribution in [1.82, 2.24) is 0 Å². The number of esters is 3. The fourth-order valence-corrected chi connectivity index (χ4v) is 6.89. The highest BCUT2D eigenvalue weighted by Crippen LogP contribution is 2.14. The predicted octanol–water partition coefficient (Wildman–Crippen LogP) is 16.6. The summed E-state index contributed by atoms with van der Waals surface area (Å²) in [5, 5.41) is 0. The quantitative estimate of drug-likeness (QED) is 0.0200. The Balaban J connectivity index is 4.41. The molecule has 0 aromatic rings. The van der Waals surface area contributed by atoms with Crippen molar-refractivity contribution in [3.05, 3.63) is 72.9 Å². The average Bonchev–Trinajstić information content (AvgIpc) is 3.26. The molecular weight excluding hydrogens is 757 g/mol. The minimum Gasteiger partial charge on any atom is -0.462 e. The topological polar surface area (TPSA) is 78.9 Å². The Hall–Kier alpha value is -3.15. The van der Waals surface area contributed by atoms with Gasteiger partial charge < -0.3 is 14.2 Å². The summed E-state index contributed by atoms with van der Waals surface area (Å²) in [6.07, 6.45) is 61.7. The van der Waals surface area contributed by atoms with Crippen molar-refractivity contribution in [3.8, 4) is 0 Å². The van der Waals surface area contributed by atoms with Crippen LogP contribution < -0.4 is 0 Å². The van der Waals surface area contributed by atoms with Crippen LogP contribution in [0.3, 0.4) is 0 Å². The van der Waals surface area contributed by atoms with Gasteiger partial charge in [-0.3, -0.25) is 14.4 Å². The van der Waals surface area contributed by atoms with Gasteiger partial charge in [0.25, 0.3) is 0 Å². The molecule has 1 unspecified atom stereocenters. The molecule has 0 saturated heterocycles. The molecule has 61 heavy (non-hydrogen) atoms. The SMILES string of the molecule is CC/C=C\C/C=C\C/C=C\C/C=C\CCCCCC(=O)OC(COC(=O)CCCCCCC/C=C\C=C/CCCCCCCCC)COC(=O)CCCCCCCCCCC. The second-order valence-electron chi connectivity index (χ2n) is 16.7. The molecule has 0 aromatic carbocycles. The normalized spacial score (nSPS) is 12.6. The number of hydrogen-bond acceptors (Lipinski definition) is 6. The van der Waals surface area contributed by atoms with Crippen molar-refractivity contribution in [2.45, 2.75) is 245 Å². The van der Waals surface area contributed by atoms with Crippen molar-refractivity contribution >= 4 is 17.9 Å². The molecule has 0 saturated carbocycles. The van der Waals surface area contributed by atoms with Crippen LogP contribution >= 0.6 is 0 Å². The Morgan fingerprint density at radius 2 is 0.689 bits per heavy atom. The molecule has 0 amide bonds. The number of hydrogen-bond donors (Lipinski definition) is 0. The van der Waals surface area contributed by atoms with E-state index in [0.29, 0.717) is 12.8 Å². The highest BCUT2D eigenvalue weighted by atomic mass is 16.6. The Morgan fingerprint density at radius 3 is 1.11 bits per heavy atom. The van der Waals surface area contributed by atoms with Crippen LogP contribution in [-0.2, 0) is 28.6 Å². The summed E-state index contributed by atoms with van der Waals surface area (Å²) in [6, 6.07) is 0. The van der Waals surface area contributed by atoms with E-state index in [9.17, 15) is 14.4 Å². The molecule has 0 aliphatic heterocycles. The maximum atomic E-state index is 12.8. The van der Waals surface area contributed by atoms with Gasteiger partial charge >= 0.3 is 17.9 Å². The Bertz CT molecular complexity index is 1160. The van der Waals surface area contributed by atoms with E-state index in [1.54, 1.807) is 0 Å². The van der Waals surface area contributed by atoms with Crippen LogP contribution in [0.4, 0.5) is 0 Å². The minimum atomic E-state index is -0.795. The maximum Gasteiger partial charge on any atom is 0.306 e. The van der Waals surface area contributed by atoms with Crippen molar-refractivity contribution in [3.63, 3.8) is 0 Å². The fourth-order valence-electron chi connectivity index (χ4n) is 6.89. The lowest BCUT2D eigenvalue weighted by Crippen LogP contribution is -2.30. The summed E-state index contributed by atoms with van der Waals surface area (Å²) in [7, 11) is 0. The molecule has 0 fully saturated rings. The van der Waals surface area contributed by atoms with E-state index in [0.717, 1.165) is 109 Å². The van der Waals surface area contributed by atoms with Crippen molar-refractivity contribution in [2.24, 2.45) is 0 Å². The second-order valence-corrected chi connectivity index (χ2v) is 16.7. The molecular formula is C55H94O6. The Morgan fingerprint density at radius 1 is 0.361 bits per heavy atom. The zero-order valence-corrected chi connectivity index (χ0v) is 39.9. The summed E-state index contributed by atoms with van der Waals surface area (Å²) in [5.74, 6) is -0.942. The third-order valence-electron chi connectivity index (χ3n) is 10.7. The molecule has 0 spiro atoms. The number of carbonyl (C=O) groups excluding carboxylic acids is 3. The van der Waals surface area contributed by atoms with Gasteiger partial charge in [-0.25, -0.2) is 0 Å². The maximum absolute atomic E-state index is 12.8. The first-order valence-corrected chi connectivity index (χ1v) is 25.5. The number of rotatable bonds is 45. The van der Waals surface area contributed by atoms with Crippen molar-refractivity contribution in [1.29, 1.82) is 0 Å². The molecule has 0 radical (unpaired) electrons. The number of unbranched alkanes of at least 4 members (excludes halogenated alkanes) is 23. The van der Waals surface area contributed by atoms with Gasteiger partial charge in [-0.15, -0.1) is 0 Å². The molecule has 6 heteroatoms. The lowest BCUT2D eigenvalue weighted by Gasteiger charge is -2.18. The van der Waals surface area contributed by atoms with Gasteiger partial charge in [0.05, 0.1) is 0 Å². The Kier molecular flexibility index (Phi) is 46.9. The molecule has 0 aliphatic carbocycles. The second kappa shape index (κ2) is 49.5. The monoisotopic (exact) mass is 851 g/mol. The van der Waals surface area contributed by atoms with Gasteiger partial charge in [0.1, 0.15) is 13.2 Å². The zero-order chi connectivity index (χ0) is 44.4. The van der Waals surface area contributed by atoms with Crippen LogP contribution in [0.15, 0.2) is 72.9 Å². The first kappa shape index (κ1) is 57.9. The van der Waals surface area contributed by atoms with E-state index >= 15 is 0 Å². The molecule has 0 heterocycles. The van der Waals surface area contributed by atoms with E-state index in [-0.39, 0.29) is 37.5 Å². The van der Waals surface area contributed by atoms with Crippen LogP contribution in [0, 0.1) is 0 Å². The Labute approximate surface area is 376 Å². The molecule has 0 aliphatic rings. The highest BCUT2D eigenvalue weighted by Gasteiger charge is 2.19. The summed E-state index contributed by atoms with van der Waals surface area (Å²) in [6.45, 7) is 6.46. The molecule has 350 valence electrons. The molecule has 0 N–H and O–H groups in total. The van der Waals surface area contributed by atoms with Crippen LogP contribution in [0.1, 0.15) is 239 Å². The fraction of sp³-hybridized carbons (Fsp3) is 0.727. The first-order valence-electron chi connectivity index (χ1n) is 25.5. The smallest absolute Gasteiger partial charge is 0.306 e. The van der Waals surface area contributed by atoms with E-state index < -0.39 is 6.10 Å². The average molecular weight is 851 g/mol.